The van der Waals surface area contributed by atoms with Crippen LogP contribution in [0.2, 0.25) is 0 Å². The highest BCUT2D eigenvalue weighted by Gasteiger charge is 2.10. The van der Waals surface area contributed by atoms with E-state index in [9.17, 15) is 0 Å². The summed E-state index contributed by atoms with van der Waals surface area (Å²) in [6.07, 6.45) is 1.49. The van der Waals surface area contributed by atoms with Crippen LogP contribution < -0.4 is 10.5 Å². The highest BCUT2D eigenvalue weighted by Crippen LogP contribution is 2.25. The molecule has 106 valence electrons. The first-order valence-corrected chi connectivity index (χ1v) is 6.07. The van der Waals surface area contributed by atoms with Crippen molar-refractivity contribution in [2.75, 3.05) is 0 Å². The third-order valence-electron chi connectivity index (χ3n) is 3.01. The SMILES string of the molecule is Cc1cc(C(N)=NO)cc(C)c1OCc1ncnn1C. The third-order valence-corrected chi connectivity index (χ3v) is 3.01. The Morgan fingerprint density at radius 1 is 1.40 bits per heavy atom. The van der Waals surface area contributed by atoms with E-state index in [1.54, 1.807) is 4.68 Å². The number of hydrogen-bond donors (Lipinski definition) is 2. The van der Waals surface area contributed by atoms with Gasteiger partial charge in [-0.3, -0.25) is 4.68 Å². The lowest BCUT2D eigenvalue weighted by Crippen LogP contribution is -2.14. The fourth-order valence-electron chi connectivity index (χ4n) is 1.97. The van der Waals surface area contributed by atoms with Crippen LogP contribution in [0, 0.1) is 13.8 Å². The van der Waals surface area contributed by atoms with Gasteiger partial charge in [0.15, 0.2) is 11.7 Å². The van der Waals surface area contributed by atoms with Crippen LogP contribution in [-0.4, -0.2) is 25.8 Å². The molecule has 0 spiro atoms. The number of nitrogens with zero attached hydrogens (tertiary/aromatic N) is 4. The lowest BCUT2D eigenvalue weighted by molar-refractivity contribution is 0.286. The van der Waals surface area contributed by atoms with Crippen LogP contribution in [-0.2, 0) is 13.7 Å². The van der Waals surface area contributed by atoms with E-state index in [0.717, 1.165) is 22.7 Å². The van der Waals surface area contributed by atoms with Crippen LogP contribution in [0.4, 0.5) is 0 Å². The number of oxime groups is 1. The van der Waals surface area contributed by atoms with Crippen molar-refractivity contribution in [3.63, 3.8) is 0 Å². The van der Waals surface area contributed by atoms with Gasteiger partial charge in [-0.05, 0) is 37.1 Å². The fourth-order valence-corrected chi connectivity index (χ4v) is 1.97. The second kappa shape index (κ2) is 5.60. The molecule has 1 aromatic carbocycles. The van der Waals surface area contributed by atoms with E-state index in [4.69, 9.17) is 15.7 Å². The van der Waals surface area contributed by atoms with Crippen molar-refractivity contribution < 1.29 is 9.94 Å². The number of nitrogens with two attached hydrogens (primary N) is 1. The predicted octanol–water partition coefficient (Wildman–Crippen LogP) is 1.11. The number of hydrogen-bond acceptors (Lipinski definition) is 5. The molecule has 0 atom stereocenters. The molecule has 20 heavy (non-hydrogen) atoms. The zero-order chi connectivity index (χ0) is 14.7. The number of aromatic nitrogens is 3. The summed E-state index contributed by atoms with van der Waals surface area (Å²) in [6, 6.07) is 3.63. The second-order valence-electron chi connectivity index (χ2n) is 4.51. The summed E-state index contributed by atoms with van der Waals surface area (Å²) in [5.74, 6) is 1.59. The Morgan fingerprint density at radius 2 is 2.05 bits per heavy atom. The van der Waals surface area contributed by atoms with Gasteiger partial charge in [0.1, 0.15) is 18.7 Å². The van der Waals surface area contributed by atoms with E-state index in [0.29, 0.717) is 12.2 Å². The number of benzene rings is 1. The van der Waals surface area contributed by atoms with Gasteiger partial charge < -0.3 is 15.7 Å². The van der Waals surface area contributed by atoms with E-state index in [2.05, 4.69) is 15.2 Å². The summed E-state index contributed by atoms with van der Waals surface area (Å²) in [5, 5.41) is 15.7. The van der Waals surface area contributed by atoms with E-state index < -0.39 is 0 Å². The minimum atomic E-state index is 0.0797. The Morgan fingerprint density at radius 3 is 2.55 bits per heavy atom. The molecule has 0 fully saturated rings. The molecule has 0 bridgehead atoms. The molecule has 1 aromatic heterocycles. The summed E-state index contributed by atoms with van der Waals surface area (Å²) in [6.45, 7) is 4.15. The van der Waals surface area contributed by atoms with Gasteiger partial charge in [-0.25, -0.2) is 4.98 Å². The van der Waals surface area contributed by atoms with Gasteiger partial charge >= 0.3 is 0 Å². The first kappa shape index (κ1) is 13.9. The zero-order valence-electron chi connectivity index (χ0n) is 11.7. The van der Waals surface area contributed by atoms with Crippen LogP contribution in [0.3, 0.4) is 0 Å². The van der Waals surface area contributed by atoms with Gasteiger partial charge in [0.25, 0.3) is 0 Å². The van der Waals surface area contributed by atoms with E-state index in [1.807, 2.05) is 33.0 Å². The molecule has 3 N–H and O–H groups in total. The van der Waals surface area contributed by atoms with Gasteiger partial charge in [-0.15, -0.1) is 0 Å². The quantitative estimate of drug-likeness (QED) is 0.377. The van der Waals surface area contributed by atoms with Crippen LogP contribution in [0.1, 0.15) is 22.5 Å². The van der Waals surface area contributed by atoms with Crippen LogP contribution >= 0.6 is 0 Å². The van der Waals surface area contributed by atoms with Crippen molar-refractivity contribution in [3.8, 4) is 5.75 Å². The predicted molar refractivity (Wildman–Crippen MR) is 73.8 cm³/mol. The zero-order valence-corrected chi connectivity index (χ0v) is 11.7. The number of amidine groups is 1. The molecule has 0 radical (unpaired) electrons. The summed E-state index contributed by atoms with van der Waals surface area (Å²) >= 11 is 0. The van der Waals surface area contributed by atoms with E-state index in [1.165, 1.54) is 6.33 Å². The van der Waals surface area contributed by atoms with Crippen molar-refractivity contribution in [1.82, 2.24) is 14.8 Å². The molecule has 2 aromatic rings. The molecular weight excluding hydrogens is 258 g/mol. The molecule has 0 aliphatic heterocycles. The molecule has 0 saturated heterocycles. The molecule has 1 heterocycles. The van der Waals surface area contributed by atoms with Crippen LogP contribution in [0.25, 0.3) is 0 Å². The average Bonchev–Trinajstić information content (AvgIpc) is 2.82. The Kier molecular flexibility index (Phi) is 3.88. The van der Waals surface area contributed by atoms with E-state index in [-0.39, 0.29) is 5.84 Å². The van der Waals surface area contributed by atoms with Gasteiger partial charge in [0.2, 0.25) is 0 Å². The first-order chi connectivity index (χ1) is 9.52. The maximum Gasteiger partial charge on any atom is 0.170 e. The summed E-state index contributed by atoms with van der Waals surface area (Å²) < 4.78 is 7.46. The molecule has 0 amide bonds. The molecule has 0 unspecified atom stereocenters. The normalized spacial score (nSPS) is 11.7. The Labute approximate surface area is 116 Å². The fraction of sp³-hybridized carbons (Fsp3) is 0.308. The van der Waals surface area contributed by atoms with Crippen molar-refractivity contribution in [2.24, 2.45) is 17.9 Å². The average molecular weight is 275 g/mol. The van der Waals surface area contributed by atoms with Gasteiger partial charge in [-0.2, -0.15) is 5.10 Å². The summed E-state index contributed by atoms with van der Waals surface area (Å²) in [5.41, 5.74) is 8.07. The van der Waals surface area contributed by atoms with Crippen LogP contribution in [0.15, 0.2) is 23.6 Å². The monoisotopic (exact) mass is 275 g/mol. The van der Waals surface area contributed by atoms with E-state index >= 15 is 0 Å². The van der Waals surface area contributed by atoms with Crippen LogP contribution in [0.5, 0.6) is 5.75 Å². The lowest BCUT2D eigenvalue weighted by Gasteiger charge is -2.13. The lowest BCUT2D eigenvalue weighted by atomic mass is 10.1. The van der Waals surface area contributed by atoms with Crippen molar-refractivity contribution in [2.45, 2.75) is 20.5 Å². The molecule has 7 nitrogen and oxygen atoms in total. The highest BCUT2D eigenvalue weighted by molar-refractivity contribution is 5.97. The highest BCUT2D eigenvalue weighted by atomic mass is 16.5. The largest absolute Gasteiger partial charge is 0.485 e. The van der Waals surface area contributed by atoms with Gasteiger partial charge in [-0.1, -0.05) is 5.16 Å². The maximum absolute atomic E-state index is 8.71. The Hall–Kier alpha value is -2.57. The third kappa shape index (κ3) is 2.71. The summed E-state index contributed by atoms with van der Waals surface area (Å²) in [4.78, 5) is 4.10. The second-order valence-corrected chi connectivity index (χ2v) is 4.51. The number of ether oxygens (including phenoxy) is 1. The van der Waals surface area contributed by atoms with Gasteiger partial charge in [0, 0.05) is 12.6 Å². The maximum atomic E-state index is 8.71. The summed E-state index contributed by atoms with van der Waals surface area (Å²) in [7, 11) is 1.81. The molecule has 0 aliphatic carbocycles. The minimum Gasteiger partial charge on any atom is -0.485 e. The molecular formula is C13H17N5O2. The Bertz CT molecular complexity index is 625. The van der Waals surface area contributed by atoms with Crippen molar-refractivity contribution >= 4 is 5.84 Å². The topological polar surface area (TPSA) is 98.6 Å². The first-order valence-electron chi connectivity index (χ1n) is 6.07. The smallest absolute Gasteiger partial charge is 0.170 e. The standard InChI is InChI=1S/C13H17N5O2/c1-8-4-10(13(14)17-19)5-9(2)12(8)20-6-11-15-7-16-18(11)3/h4-5,7,19H,6H2,1-3H3,(H2,14,17). The molecule has 0 aliphatic rings. The van der Waals surface area contributed by atoms with Gasteiger partial charge in [0.05, 0.1) is 0 Å². The Balaban J connectivity index is 2.23. The molecule has 2 rings (SSSR count). The molecule has 0 saturated carbocycles. The molecule has 7 heteroatoms. The van der Waals surface area contributed by atoms with Crippen molar-refractivity contribution in [3.05, 3.63) is 41.0 Å². The number of rotatable bonds is 4. The van der Waals surface area contributed by atoms with Crippen molar-refractivity contribution in [1.29, 1.82) is 0 Å². The number of aryl methyl sites for hydroxylation is 3. The minimum absolute atomic E-state index is 0.0797.